The third-order valence-electron chi connectivity index (χ3n) is 4.86. The minimum atomic E-state index is -4.86. The molecule has 2 aromatic rings. The number of hydrogen-bond acceptors (Lipinski definition) is 5. The molecule has 0 saturated carbocycles. The molecule has 1 fully saturated rings. The molecule has 10 heteroatoms. The van der Waals surface area contributed by atoms with Crippen LogP contribution in [0.3, 0.4) is 0 Å². The molecule has 0 amide bonds. The van der Waals surface area contributed by atoms with E-state index in [1.807, 2.05) is 7.05 Å². The number of hydrogen-bond donors (Lipinski definition) is 1. The van der Waals surface area contributed by atoms with Crippen molar-refractivity contribution in [1.82, 2.24) is 4.90 Å². The molecule has 30 heavy (non-hydrogen) atoms. The van der Waals surface area contributed by atoms with Crippen LogP contribution in [-0.4, -0.2) is 45.6 Å². The molecule has 1 aliphatic heterocycles. The van der Waals surface area contributed by atoms with Crippen molar-refractivity contribution in [3.63, 3.8) is 0 Å². The second kappa shape index (κ2) is 8.65. The number of anilines is 1. The molecule has 2 aromatic carbocycles. The number of nitrogens with one attached hydrogen (secondary N) is 1. The number of ketones is 1. The van der Waals surface area contributed by atoms with Crippen molar-refractivity contribution < 1.29 is 31.1 Å². The van der Waals surface area contributed by atoms with Gasteiger partial charge in [-0.1, -0.05) is 12.1 Å². The number of nitrogens with zero attached hydrogens (tertiary/aromatic N) is 1. The zero-order valence-corrected chi connectivity index (χ0v) is 17.0. The maximum atomic E-state index is 12.7. The number of likely N-dealkylation sites (tertiary alicyclic amines) is 1. The molecule has 162 valence electrons. The number of benzene rings is 2. The molecule has 3 rings (SSSR count). The van der Waals surface area contributed by atoms with Crippen LogP contribution < -0.4 is 9.46 Å². The lowest BCUT2D eigenvalue weighted by Gasteiger charge is -2.28. The number of piperidine rings is 1. The van der Waals surface area contributed by atoms with E-state index < -0.39 is 22.1 Å². The zero-order valence-electron chi connectivity index (χ0n) is 16.1. The van der Waals surface area contributed by atoms with E-state index in [2.05, 4.69) is 14.4 Å². The molecule has 0 bridgehead atoms. The fraction of sp³-hybridized carbons (Fsp3) is 0.350. The van der Waals surface area contributed by atoms with Gasteiger partial charge in [-0.3, -0.25) is 9.52 Å². The molecule has 6 nitrogen and oxygen atoms in total. The Hall–Kier alpha value is -2.59. The molecule has 1 saturated heterocycles. The van der Waals surface area contributed by atoms with E-state index in [1.54, 1.807) is 12.1 Å². The Labute approximate surface area is 172 Å². The average Bonchev–Trinajstić information content (AvgIpc) is 2.67. The lowest BCUT2D eigenvalue weighted by molar-refractivity contribution is -0.274. The van der Waals surface area contributed by atoms with Gasteiger partial charge in [0.25, 0.3) is 10.0 Å². The summed E-state index contributed by atoms with van der Waals surface area (Å²) in [4.78, 5) is 14.7. The van der Waals surface area contributed by atoms with Gasteiger partial charge in [0.05, 0.1) is 4.90 Å². The molecule has 0 atom stereocenters. The van der Waals surface area contributed by atoms with Crippen LogP contribution in [0, 0.1) is 5.92 Å². The standard InChI is InChI=1S/C20H21F3N2O4S/c1-25-11-9-14(10-12-25)19(26)15-3-2-4-16(13-15)24-30(27,28)18-7-5-17(6-8-18)29-20(21,22)23/h2-8,13-14,24H,9-12H2,1H3. The van der Waals surface area contributed by atoms with Crippen LogP contribution in [0.4, 0.5) is 18.9 Å². The average molecular weight is 442 g/mol. The third kappa shape index (κ3) is 5.73. The minimum absolute atomic E-state index is 0.0298. The molecule has 0 spiro atoms. The smallest absolute Gasteiger partial charge is 0.406 e. The molecular formula is C20H21F3N2O4S. The van der Waals surface area contributed by atoms with Gasteiger partial charge in [0.2, 0.25) is 0 Å². The van der Waals surface area contributed by atoms with Crippen LogP contribution in [0.5, 0.6) is 5.75 Å². The molecule has 0 unspecified atom stereocenters. The summed E-state index contributed by atoms with van der Waals surface area (Å²) in [5, 5.41) is 0. The molecule has 0 aliphatic carbocycles. The Morgan fingerprint density at radius 3 is 2.33 bits per heavy atom. The lowest BCUT2D eigenvalue weighted by atomic mass is 9.89. The van der Waals surface area contributed by atoms with E-state index in [4.69, 9.17) is 0 Å². The van der Waals surface area contributed by atoms with Crippen LogP contribution >= 0.6 is 0 Å². The van der Waals surface area contributed by atoms with Crippen molar-refractivity contribution in [2.45, 2.75) is 24.1 Å². The SMILES string of the molecule is CN1CCC(C(=O)c2cccc(NS(=O)(=O)c3ccc(OC(F)(F)F)cc3)c2)CC1. The van der Waals surface area contributed by atoms with Crippen LogP contribution in [0.2, 0.25) is 0 Å². The molecule has 0 aromatic heterocycles. The van der Waals surface area contributed by atoms with Gasteiger partial charge in [-0.05, 0) is 69.4 Å². The second-order valence-corrected chi connectivity index (χ2v) is 8.83. The minimum Gasteiger partial charge on any atom is -0.406 e. The first kappa shape index (κ1) is 22.1. The van der Waals surface area contributed by atoms with Gasteiger partial charge in [-0.15, -0.1) is 13.2 Å². The summed E-state index contributed by atoms with van der Waals surface area (Å²) in [6.07, 6.45) is -3.37. The van der Waals surface area contributed by atoms with Crippen molar-refractivity contribution in [3.8, 4) is 5.75 Å². The van der Waals surface area contributed by atoms with E-state index in [0.717, 1.165) is 50.2 Å². The quantitative estimate of drug-likeness (QED) is 0.687. The lowest BCUT2D eigenvalue weighted by Crippen LogP contribution is -2.33. The van der Waals surface area contributed by atoms with Crippen molar-refractivity contribution in [3.05, 3.63) is 54.1 Å². The molecule has 0 radical (unpaired) electrons. The Balaban J connectivity index is 1.72. The van der Waals surface area contributed by atoms with Gasteiger partial charge in [0, 0.05) is 17.2 Å². The molecule has 1 N–H and O–H groups in total. The summed E-state index contributed by atoms with van der Waals surface area (Å²) in [6.45, 7) is 1.66. The fourth-order valence-electron chi connectivity index (χ4n) is 3.28. The largest absolute Gasteiger partial charge is 0.573 e. The number of ether oxygens (including phenoxy) is 1. The first-order valence-corrected chi connectivity index (χ1v) is 10.7. The number of carbonyl (C=O) groups excluding carboxylic acids is 1. The summed E-state index contributed by atoms with van der Waals surface area (Å²) < 4.78 is 67.9. The highest BCUT2D eigenvalue weighted by Gasteiger charge is 2.31. The second-order valence-electron chi connectivity index (χ2n) is 7.15. The first-order valence-electron chi connectivity index (χ1n) is 9.25. The van der Waals surface area contributed by atoms with E-state index in [-0.39, 0.29) is 22.3 Å². The summed E-state index contributed by atoms with van der Waals surface area (Å²) in [7, 11) is -2.06. The van der Waals surface area contributed by atoms with Gasteiger partial charge in [0.1, 0.15) is 5.75 Å². The summed E-state index contributed by atoms with van der Waals surface area (Å²) in [5.74, 6) is -0.654. The topological polar surface area (TPSA) is 75.7 Å². The van der Waals surface area contributed by atoms with Gasteiger partial charge < -0.3 is 9.64 Å². The summed E-state index contributed by atoms with van der Waals surface area (Å²) in [5.41, 5.74) is 0.614. The molecule has 1 aliphatic rings. The highest BCUT2D eigenvalue weighted by molar-refractivity contribution is 7.92. The maximum absolute atomic E-state index is 12.7. The summed E-state index contributed by atoms with van der Waals surface area (Å²) in [6, 6.07) is 10.1. The highest BCUT2D eigenvalue weighted by atomic mass is 32.2. The number of sulfonamides is 1. The normalized spacial score (nSPS) is 16.3. The van der Waals surface area contributed by atoms with Crippen molar-refractivity contribution in [2.75, 3.05) is 24.9 Å². The zero-order chi connectivity index (χ0) is 21.9. The number of carbonyl (C=O) groups is 1. The van der Waals surface area contributed by atoms with E-state index in [0.29, 0.717) is 5.56 Å². The fourth-order valence-corrected chi connectivity index (χ4v) is 4.33. The van der Waals surface area contributed by atoms with Gasteiger partial charge in [0.15, 0.2) is 5.78 Å². The number of alkyl halides is 3. The van der Waals surface area contributed by atoms with Crippen LogP contribution in [0.15, 0.2) is 53.4 Å². The van der Waals surface area contributed by atoms with Gasteiger partial charge >= 0.3 is 6.36 Å². The van der Waals surface area contributed by atoms with Gasteiger partial charge in [-0.2, -0.15) is 0 Å². The third-order valence-corrected chi connectivity index (χ3v) is 6.25. The number of rotatable bonds is 6. The van der Waals surface area contributed by atoms with Crippen molar-refractivity contribution in [1.29, 1.82) is 0 Å². The maximum Gasteiger partial charge on any atom is 0.573 e. The Bertz CT molecular complexity index is 999. The van der Waals surface area contributed by atoms with E-state index in [1.165, 1.54) is 12.1 Å². The van der Waals surface area contributed by atoms with E-state index in [9.17, 15) is 26.4 Å². The highest BCUT2D eigenvalue weighted by Crippen LogP contribution is 2.26. The van der Waals surface area contributed by atoms with Crippen LogP contribution in [0.25, 0.3) is 0 Å². The Kier molecular flexibility index (Phi) is 6.37. The molecular weight excluding hydrogens is 421 g/mol. The van der Waals surface area contributed by atoms with Gasteiger partial charge in [-0.25, -0.2) is 8.42 Å². The van der Waals surface area contributed by atoms with Crippen LogP contribution in [0.1, 0.15) is 23.2 Å². The van der Waals surface area contributed by atoms with Crippen molar-refractivity contribution >= 4 is 21.5 Å². The molecule has 1 heterocycles. The Morgan fingerprint density at radius 1 is 1.10 bits per heavy atom. The van der Waals surface area contributed by atoms with Crippen LogP contribution in [-0.2, 0) is 10.0 Å². The van der Waals surface area contributed by atoms with Crippen molar-refractivity contribution in [2.24, 2.45) is 5.92 Å². The predicted molar refractivity (Wildman–Crippen MR) is 105 cm³/mol. The Morgan fingerprint density at radius 2 is 1.73 bits per heavy atom. The van der Waals surface area contributed by atoms with E-state index >= 15 is 0 Å². The summed E-state index contributed by atoms with van der Waals surface area (Å²) >= 11 is 0. The monoisotopic (exact) mass is 442 g/mol. The first-order chi connectivity index (χ1) is 14.0. The predicted octanol–water partition coefficient (Wildman–Crippen LogP) is 3.91. The number of halogens is 3. The number of Topliss-reactive ketones (excluding diaryl/α,β-unsaturated/α-hetero) is 1.